The molecule has 0 aromatic rings. The van der Waals surface area contributed by atoms with E-state index < -0.39 is 54.1 Å². The van der Waals surface area contributed by atoms with Crippen LogP contribution in [-0.2, 0) is 19.1 Å². The predicted octanol–water partition coefficient (Wildman–Crippen LogP) is 1.06. The van der Waals surface area contributed by atoms with Crippen molar-refractivity contribution < 1.29 is 29.3 Å². The van der Waals surface area contributed by atoms with E-state index in [9.17, 15) is 19.8 Å². The van der Waals surface area contributed by atoms with Gasteiger partial charge in [-0.2, -0.15) is 0 Å². The van der Waals surface area contributed by atoms with E-state index >= 15 is 0 Å². The first kappa shape index (κ1) is 17.6. The standard InChI is InChI=1S/C19H22O6/c1-7(2)18(22)24-11-6-8(3)12-14(9(4)15(20)16(12)21)17-13(11)10(5)19(23)25-17/h11-17,20-21H,1,3-6H2,2H3/t11-,12-,13-,14-,15-,16+,17-/m0/s1. The average molecular weight is 346 g/mol. The van der Waals surface area contributed by atoms with E-state index in [1.807, 2.05) is 0 Å². The van der Waals surface area contributed by atoms with Crippen LogP contribution in [0.5, 0.6) is 0 Å². The van der Waals surface area contributed by atoms with Gasteiger partial charge in [-0.1, -0.05) is 31.9 Å². The molecule has 6 heteroatoms. The summed E-state index contributed by atoms with van der Waals surface area (Å²) in [6.45, 7) is 16.8. The normalized spacial score (nSPS) is 40.2. The van der Waals surface area contributed by atoms with Crippen LogP contribution < -0.4 is 0 Å². The van der Waals surface area contributed by atoms with E-state index in [0.29, 0.717) is 11.1 Å². The third kappa shape index (κ3) is 2.56. The highest BCUT2D eigenvalue weighted by molar-refractivity contribution is 5.91. The largest absolute Gasteiger partial charge is 0.458 e. The van der Waals surface area contributed by atoms with Crippen molar-refractivity contribution in [2.24, 2.45) is 17.8 Å². The molecule has 3 rings (SSSR count). The lowest BCUT2D eigenvalue weighted by atomic mass is 9.81. The number of aliphatic hydroxyl groups excluding tert-OH is 2. The minimum atomic E-state index is -1.12. The molecule has 3 aliphatic rings. The van der Waals surface area contributed by atoms with E-state index in [-0.39, 0.29) is 17.6 Å². The SMILES string of the molecule is C=C(C)C(=O)O[C@H]1CC(=C)[C@@H]2[C@@H](O)[C@@H](O)C(=C)[C@@H]2[C@H]2OC(=O)C(=C)[C@H]21. The Morgan fingerprint density at radius 3 is 2.44 bits per heavy atom. The van der Waals surface area contributed by atoms with E-state index in [0.717, 1.165) is 0 Å². The van der Waals surface area contributed by atoms with Gasteiger partial charge in [0, 0.05) is 29.4 Å². The second-order valence-corrected chi connectivity index (χ2v) is 7.07. The van der Waals surface area contributed by atoms with Crippen LogP contribution in [0.1, 0.15) is 13.3 Å². The zero-order valence-corrected chi connectivity index (χ0v) is 14.1. The first-order valence-corrected chi connectivity index (χ1v) is 8.14. The highest BCUT2D eigenvalue weighted by Gasteiger charge is 2.59. The van der Waals surface area contributed by atoms with Gasteiger partial charge in [0.25, 0.3) is 0 Å². The highest BCUT2D eigenvalue weighted by atomic mass is 16.6. The fraction of sp³-hybridized carbons (Fsp3) is 0.474. The van der Waals surface area contributed by atoms with Crippen LogP contribution in [0.4, 0.5) is 0 Å². The molecule has 7 atom stereocenters. The first-order valence-electron chi connectivity index (χ1n) is 8.14. The maximum atomic E-state index is 12.1. The van der Waals surface area contributed by atoms with Crippen LogP contribution in [0.2, 0.25) is 0 Å². The molecule has 1 saturated heterocycles. The number of carbonyl (C=O) groups excluding carboxylic acids is 2. The Hall–Kier alpha value is -2.18. The van der Waals surface area contributed by atoms with Gasteiger partial charge in [-0.15, -0.1) is 0 Å². The lowest BCUT2D eigenvalue weighted by molar-refractivity contribution is -0.148. The molecule has 1 aliphatic heterocycles. The highest BCUT2D eigenvalue weighted by Crippen LogP contribution is 2.52. The zero-order valence-electron chi connectivity index (χ0n) is 14.1. The monoisotopic (exact) mass is 346 g/mol. The Bertz CT molecular complexity index is 705. The van der Waals surface area contributed by atoms with Gasteiger partial charge in [0.1, 0.15) is 18.3 Å². The number of hydrogen-bond donors (Lipinski definition) is 2. The summed E-state index contributed by atoms with van der Waals surface area (Å²) >= 11 is 0. The third-order valence-electron chi connectivity index (χ3n) is 5.44. The average Bonchev–Trinajstić information content (AvgIpc) is 2.90. The van der Waals surface area contributed by atoms with Crippen molar-refractivity contribution in [2.75, 3.05) is 0 Å². The summed E-state index contributed by atoms with van der Waals surface area (Å²) in [5.41, 5.74) is 1.46. The summed E-state index contributed by atoms with van der Waals surface area (Å²) in [6, 6.07) is 0. The number of rotatable bonds is 2. The Balaban J connectivity index is 2.03. The molecule has 0 bridgehead atoms. The van der Waals surface area contributed by atoms with Gasteiger partial charge in [0.2, 0.25) is 0 Å². The van der Waals surface area contributed by atoms with Crippen molar-refractivity contribution in [1.82, 2.24) is 0 Å². The molecule has 2 N–H and O–H groups in total. The molecule has 0 amide bonds. The smallest absolute Gasteiger partial charge is 0.334 e. The quantitative estimate of drug-likeness (QED) is 0.441. The molecular formula is C19H22O6. The fourth-order valence-electron chi connectivity index (χ4n) is 4.18. The van der Waals surface area contributed by atoms with E-state index in [1.54, 1.807) is 0 Å². The second-order valence-electron chi connectivity index (χ2n) is 7.07. The number of hydrogen-bond acceptors (Lipinski definition) is 6. The summed E-state index contributed by atoms with van der Waals surface area (Å²) in [7, 11) is 0. The lowest BCUT2D eigenvalue weighted by Gasteiger charge is -2.28. The molecule has 0 spiro atoms. The summed E-state index contributed by atoms with van der Waals surface area (Å²) < 4.78 is 11.0. The molecule has 6 nitrogen and oxygen atoms in total. The molecule has 0 unspecified atom stereocenters. The summed E-state index contributed by atoms with van der Waals surface area (Å²) in [4.78, 5) is 24.1. The van der Waals surface area contributed by atoms with Gasteiger partial charge in [-0.3, -0.25) is 0 Å². The van der Waals surface area contributed by atoms with Crippen molar-refractivity contribution in [2.45, 2.75) is 37.8 Å². The summed E-state index contributed by atoms with van der Waals surface area (Å²) in [5, 5.41) is 20.6. The number of aliphatic hydroxyl groups is 2. The van der Waals surface area contributed by atoms with Gasteiger partial charge in [-0.25, -0.2) is 9.59 Å². The number of fused-ring (bicyclic) bond motifs is 3. The summed E-state index contributed by atoms with van der Waals surface area (Å²) in [6.07, 6.45) is -3.40. The molecule has 25 heavy (non-hydrogen) atoms. The van der Waals surface area contributed by atoms with Crippen molar-refractivity contribution in [3.63, 3.8) is 0 Å². The van der Waals surface area contributed by atoms with Crippen molar-refractivity contribution in [3.8, 4) is 0 Å². The maximum absolute atomic E-state index is 12.1. The Morgan fingerprint density at radius 2 is 1.84 bits per heavy atom. The Labute approximate surface area is 146 Å². The lowest BCUT2D eigenvalue weighted by Crippen LogP contribution is -2.36. The minimum Gasteiger partial charge on any atom is -0.458 e. The predicted molar refractivity (Wildman–Crippen MR) is 89.1 cm³/mol. The molecule has 0 radical (unpaired) electrons. The van der Waals surface area contributed by atoms with E-state index in [2.05, 4.69) is 26.3 Å². The number of ether oxygens (including phenoxy) is 2. The summed E-state index contributed by atoms with van der Waals surface area (Å²) in [5.74, 6) is -2.75. The molecule has 0 aromatic heterocycles. The molecule has 2 aliphatic carbocycles. The maximum Gasteiger partial charge on any atom is 0.334 e. The van der Waals surface area contributed by atoms with Gasteiger partial charge in [0.15, 0.2) is 0 Å². The van der Waals surface area contributed by atoms with Crippen LogP contribution in [0.3, 0.4) is 0 Å². The third-order valence-corrected chi connectivity index (χ3v) is 5.44. The minimum absolute atomic E-state index is 0.210. The molecule has 2 saturated carbocycles. The Morgan fingerprint density at radius 1 is 1.20 bits per heavy atom. The number of carbonyl (C=O) groups is 2. The van der Waals surface area contributed by atoms with Gasteiger partial charge in [-0.05, 0) is 12.5 Å². The van der Waals surface area contributed by atoms with Crippen LogP contribution >= 0.6 is 0 Å². The molecule has 134 valence electrons. The van der Waals surface area contributed by atoms with Gasteiger partial charge < -0.3 is 19.7 Å². The van der Waals surface area contributed by atoms with Crippen LogP contribution in [0.25, 0.3) is 0 Å². The molecule has 3 fully saturated rings. The topological polar surface area (TPSA) is 93.1 Å². The first-order chi connectivity index (χ1) is 11.6. The van der Waals surface area contributed by atoms with Crippen molar-refractivity contribution in [3.05, 3.63) is 48.6 Å². The fourth-order valence-corrected chi connectivity index (χ4v) is 4.18. The van der Waals surface area contributed by atoms with Crippen LogP contribution in [0.15, 0.2) is 48.6 Å². The molecular weight excluding hydrogens is 324 g/mol. The van der Waals surface area contributed by atoms with Crippen molar-refractivity contribution >= 4 is 11.9 Å². The van der Waals surface area contributed by atoms with Crippen LogP contribution in [-0.4, -0.2) is 46.6 Å². The van der Waals surface area contributed by atoms with Crippen molar-refractivity contribution in [1.29, 1.82) is 0 Å². The second kappa shape index (κ2) is 5.97. The van der Waals surface area contributed by atoms with Crippen LogP contribution in [0, 0.1) is 17.8 Å². The van der Waals surface area contributed by atoms with E-state index in [1.165, 1.54) is 6.92 Å². The molecule has 1 heterocycles. The van der Waals surface area contributed by atoms with Gasteiger partial charge >= 0.3 is 11.9 Å². The molecule has 0 aromatic carbocycles. The number of esters is 2. The Kier molecular flexibility index (Phi) is 4.21. The zero-order chi connectivity index (χ0) is 18.6. The van der Waals surface area contributed by atoms with Gasteiger partial charge in [0.05, 0.1) is 12.0 Å². The van der Waals surface area contributed by atoms with E-state index in [4.69, 9.17) is 9.47 Å².